The van der Waals surface area contributed by atoms with E-state index in [1.165, 1.54) is 0 Å². The van der Waals surface area contributed by atoms with Crippen LogP contribution >= 0.6 is 15.9 Å². The summed E-state index contributed by atoms with van der Waals surface area (Å²) in [6.07, 6.45) is 0. The second-order valence-electron chi connectivity index (χ2n) is 2.73. The van der Waals surface area contributed by atoms with Gasteiger partial charge in [-0.25, -0.2) is 5.48 Å². The van der Waals surface area contributed by atoms with Gasteiger partial charge in [-0.05, 0) is 30.2 Å². The van der Waals surface area contributed by atoms with E-state index in [1.807, 2.05) is 19.1 Å². The van der Waals surface area contributed by atoms with E-state index in [4.69, 9.17) is 9.94 Å². The lowest BCUT2D eigenvalue weighted by Gasteiger charge is -2.09. The van der Waals surface area contributed by atoms with Crippen LogP contribution in [0.3, 0.4) is 0 Å². The van der Waals surface area contributed by atoms with Gasteiger partial charge in [0.25, 0.3) is 0 Å². The lowest BCUT2D eigenvalue weighted by atomic mass is 10.1. The Morgan fingerprint density at radius 3 is 2.77 bits per heavy atom. The van der Waals surface area contributed by atoms with E-state index in [2.05, 4.69) is 21.4 Å². The number of benzene rings is 1. The number of hydrogen-bond donors (Lipinski definition) is 2. The Bertz CT molecular complexity index is 302. The second kappa shape index (κ2) is 4.60. The third-order valence-corrected chi connectivity index (χ3v) is 2.75. The molecule has 0 saturated carbocycles. The van der Waals surface area contributed by atoms with Crippen molar-refractivity contribution in [1.29, 1.82) is 0 Å². The third kappa shape index (κ3) is 2.43. The van der Waals surface area contributed by atoms with Crippen molar-refractivity contribution in [3.8, 4) is 5.75 Å². The van der Waals surface area contributed by atoms with Crippen molar-refractivity contribution in [1.82, 2.24) is 5.48 Å². The van der Waals surface area contributed by atoms with E-state index in [0.29, 0.717) is 6.54 Å². The molecule has 0 aromatic heterocycles. The van der Waals surface area contributed by atoms with Crippen LogP contribution in [0, 0.1) is 6.92 Å². The number of hydrogen-bond acceptors (Lipinski definition) is 3. The van der Waals surface area contributed by atoms with Gasteiger partial charge in [-0.2, -0.15) is 0 Å². The largest absolute Gasteiger partial charge is 0.497 e. The van der Waals surface area contributed by atoms with E-state index < -0.39 is 0 Å². The molecule has 0 amide bonds. The number of hydroxylamine groups is 1. The summed E-state index contributed by atoms with van der Waals surface area (Å²) in [5.41, 5.74) is 4.23. The van der Waals surface area contributed by atoms with Crippen LogP contribution in [0.2, 0.25) is 0 Å². The van der Waals surface area contributed by atoms with Crippen molar-refractivity contribution in [2.75, 3.05) is 7.11 Å². The molecular formula is C9H12BrNO2. The van der Waals surface area contributed by atoms with Crippen LogP contribution < -0.4 is 10.2 Å². The Morgan fingerprint density at radius 1 is 1.54 bits per heavy atom. The molecule has 72 valence electrons. The Labute approximate surface area is 85.8 Å². The molecular weight excluding hydrogens is 234 g/mol. The molecule has 0 spiro atoms. The quantitative estimate of drug-likeness (QED) is 0.803. The highest BCUT2D eigenvalue weighted by atomic mass is 79.9. The van der Waals surface area contributed by atoms with Gasteiger partial charge < -0.3 is 9.94 Å². The first-order valence-corrected chi connectivity index (χ1v) is 4.68. The van der Waals surface area contributed by atoms with Gasteiger partial charge in [0.1, 0.15) is 5.75 Å². The molecule has 13 heavy (non-hydrogen) atoms. The number of nitrogens with one attached hydrogen (secondary N) is 1. The lowest BCUT2D eigenvalue weighted by Crippen LogP contribution is -2.08. The summed E-state index contributed by atoms with van der Waals surface area (Å²) in [5, 5.41) is 8.59. The second-order valence-corrected chi connectivity index (χ2v) is 3.58. The average Bonchev–Trinajstić information content (AvgIpc) is 2.13. The van der Waals surface area contributed by atoms with Gasteiger partial charge in [0.05, 0.1) is 7.11 Å². The predicted molar refractivity (Wildman–Crippen MR) is 54.1 cm³/mol. The predicted octanol–water partition coefficient (Wildman–Crippen LogP) is 2.24. The molecule has 1 aromatic rings. The summed E-state index contributed by atoms with van der Waals surface area (Å²) in [5.74, 6) is 0.780. The molecule has 0 heterocycles. The van der Waals surface area contributed by atoms with Crippen molar-refractivity contribution < 1.29 is 9.94 Å². The molecule has 0 atom stereocenters. The highest BCUT2D eigenvalue weighted by Crippen LogP contribution is 2.26. The van der Waals surface area contributed by atoms with Gasteiger partial charge in [0, 0.05) is 11.0 Å². The third-order valence-electron chi connectivity index (χ3n) is 1.93. The van der Waals surface area contributed by atoms with Crippen molar-refractivity contribution in [2.45, 2.75) is 13.5 Å². The molecule has 0 saturated heterocycles. The first kappa shape index (κ1) is 10.5. The summed E-state index contributed by atoms with van der Waals surface area (Å²) in [6, 6.07) is 3.79. The number of ether oxygens (including phenoxy) is 1. The topological polar surface area (TPSA) is 41.5 Å². The molecule has 0 unspecified atom stereocenters. The smallest absolute Gasteiger partial charge is 0.120 e. The van der Waals surface area contributed by atoms with Gasteiger partial charge in [0.2, 0.25) is 0 Å². The highest BCUT2D eigenvalue weighted by molar-refractivity contribution is 9.10. The summed E-state index contributed by atoms with van der Waals surface area (Å²) in [4.78, 5) is 0. The van der Waals surface area contributed by atoms with Crippen LogP contribution in [-0.4, -0.2) is 12.3 Å². The minimum absolute atomic E-state index is 0.418. The summed E-state index contributed by atoms with van der Waals surface area (Å²) in [7, 11) is 1.62. The fraction of sp³-hybridized carbons (Fsp3) is 0.333. The van der Waals surface area contributed by atoms with E-state index in [-0.39, 0.29) is 0 Å². The van der Waals surface area contributed by atoms with Gasteiger partial charge in [-0.1, -0.05) is 15.9 Å². The first-order chi connectivity index (χ1) is 6.19. The molecule has 0 radical (unpaired) electrons. The maximum atomic E-state index is 8.59. The zero-order chi connectivity index (χ0) is 9.84. The van der Waals surface area contributed by atoms with Gasteiger partial charge in [0.15, 0.2) is 0 Å². The highest BCUT2D eigenvalue weighted by Gasteiger charge is 2.04. The van der Waals surface area contributed by atoms with Crippen LogP contribution in [0.15, 0.2) is 16.6 Å². The number of rotatable bonds is 3. The standard InChI is InChI=1S/C9H12BrNO2/c1-6-7(5-11-12)3-8(13-2)4-9(6)10/h3-4,11-12H,5H2,1-2H3. The maximum Gasteiger partial charge on any atom is 0.120 e. The molecule has 0 fully saturated rings. The van der Waals surface area contributed by atoms with Crippen LogP contribution in [-0.2, 0) is 6.54 Å². The fourth-order valence-electron chi connectivity index (χ4n) is 1.09. The molecule has 4 heteroatoms. The molecule has 0 aliphatic heterocycles. The van der Waals surface area contributed by atoms with Crippen molar-refractivity contribution in [3.05, 3.63) is 27.7 Å². The van der Waals surface area contributed by atoms with Crippen molar-refractivity contribution in [3.63, 3.8) is 0 Å². The van der Waals surface area contributed by atoms with Gasteiger partial charge in [-0.3, -0.25) is 0 Å². The molecule has 0 aliphatic carbocycles. The van der Waals surface area contributed by atoms with Gasteiger partial charge in [-0.15, -0.1) is 0 Å². The average molecular weight is 246 g/mol. The van der Waals surface area contributed by atoms with E-state index >= 15 is 0 Å². The van der Waals surface area contributed by atoms with Crippen LogP contribution in [0.4, 0.5) is 0 Å². The summed E-state index contributed by atoms with van der Waals surface area (Å²) >= 11 is 3.42. The SMILES string of the molecule is COc1cc(Br)c(C)c(CNO)c1. The molecule has 3 nitrogen and oxygen atoms in total. The van der Waals surface area contributed by atoms with Crippen LogP contribution in [0.1, 0.15) is 11.1 Å². The van der Waals surface area contributed by atoms with Gasteiger partial charge >= 0.3 is 0 Å². The zero-order valence-electron chi connectivity index (χ0n) is 7.60. The Kier molecular flexibility index (Phi) is 3.71. The zero-order valence-corrected chi connectivity index (χ0v) is 9.18. The molecule has 0 bridgehead atoms. The fourth-order valence-corrected chi connectivity index (χ4v) is 1.58. The normalized spacial score (nSPS) is 10.2. The Morgan fingerprint density at radius 2 is 2.23 bits per heavy atom. The molecule has 0 aliphatic rings. The molecule has 2 N–H and O–H groups in total. The minimum atomic E-state index is 0.418. The number of methoxy groups -OCH3 is 1. The van der Waals surface area contributed by atoms with E-state index in [1.54, 1.807) is 7.11 Å². The first-order valence-electron chi connectivity index (χ1n) is 3.89. The number of halogens is 1. The van der Waals surface area contributed by atoms with Crippen molar-refractivity contribution in [2.24, 2.45) is 0 Å². The lowest BCUT2D eigenvalue weighted by molar-refractivity contribution is 0.161. The Balaban J connectivity index is 3.09. The summed E-state index contributed by atoms with van der Waals surface area (Å²) in [6.45, 7) is 2.40. The van der Waals surface area contributed by atoms with Crippen molar-refractivity contribution >= 4 is 15.9 Å². The molecule has 1 rings (SSSR count). The Hall–Kier alpha value is -0.580. The van der Waals surface area contributed by atoms with E-state index in [0.717, 1.165) is 21.3 Å². The monoisotopic (exact) mass is 245 g/mol. The molecule has 1 aromatic carbocycles. The summed E-state index contributed by atoms with van der Waals surface area (Å²) < 4.78 is 6.08. The van der Waals surface area contributed by atoms with Crippen LogP contribution in [0.5, 0.6) is 5.75 Å². The minimum Gasteiger partial charge on any atom is -0.497 e. The van der Waals surface area contributed by atoms with Crippen LogP contribution in [0.25, 0.3) is 0 Å². The van der Waals surface area contributed by atoms with E-state index in [9.17, 15) is 0 Å². The maximum absolute atomic E-state index is 8.59.